The van der Waals surface area contributed by atoms with Crippen molar-refractivity contribution in [3.05, 3.63) is 124 Å². The molecule has 1 aliphatic heterocycles. The third kappa shape index (κ3) is 7.56. The predicted molar refractivity (Wildman–Crippen MR) is 161 cm³/mol. The van der Waals surface area contributed by atoms with Crippen molar-refractivity contribution >= 4 is 35.0 Å². The van der Waals surface area contributed by atoms with Gasteiger partial charge in [0.1, 0.15) is 5.56 Å². The van der Waals surface area contributed by atoms with Crippen LogP contribution in [0.2, 0.25) is 0 Å². The first-order chi connectivity index (χ1) is 22.0. The van der Waals surface area contributed by atoms with Crippen LogP contribution in [0.15, 0.2) is 77.7 Å². The summed E-state index contributed by atoms with van der Waals surface area (Å²) in [6, 6.07) is 20.5. The summed E-state index contributed by atoms with van der Waals surface area (Å²) in [5, 5.41) is 14.3. The summed E-state index contributed by atoms with van der Waals surface area (Å²) in [4.78, 5) is 24.9. The minimum atomic E-state index is -2.37. The van der Waals surface area contributed by atoms with Crippen LogP contribution in [0.3, 0.4) is 0 Å². The highest BCUT2D eigenvalue weighted by molar-refractivity contribution is 7.99. The van der Waals surface area contributed by atoms with Crippen LogP contribution in [0.1, 0.15) is 52.8 Å². The van der Waals surface area contributed by atoms with Crippen molar-refractivity contribution in [1.29, 1.82) is 0 Å². The van der Waals surface area contributed by atoms with E-state index in [0.717, 1.165) is 16.0 Å². The minimum absolute atomic E-state index is 0.00162. The molecule has 0 aliphatic carbocycles. The number of benzene rings is 4. The van der Waals surface area contributed by atoms with Crippen molar-refractivity contribution in [2.24, 2.45) is 0 Å². The van der Waals surface area contributed by atoms with Crippen LogP contribution in [-0.2, 0) is 20.9 Å². The van der Waals surface area contributed by atoms with E-state index in [2.05, 4.69) is 10.6 Å². The molecule has 46 heavy (non-hydrogen) atoms. The quantitative estimate of drug-likeness (QED) is 0.0750. The first-order valence-corrected chi connectivity index (χ1v) is 15.0. The average molecular weight is 659 g/mol. The molecule has 0 saturated carbocycles. The van der Waals surface area contributed by atoms with Crippen LogP contribution in [0.25, 0.3) is 0 Å². The van der Waals surface area contributed by atoms with Gasteiger partial charge in [-0.25, -0.2) is 22.0 Å². The van der Waals surface area contributed by atoms with Gasteiger partial charge in [-0.15, -0.1) is 11.8 Å². The molecular weight excluding hydrogens is 631 g/mol. The van der Waals surface area contributed by atoms with Crippen LogP contribution in [0, 0.1) is 29.1 Å². The molecule has 0 radical (unpaired) electrons. The highest BCUT2D eigenvalue weighted by Gasteiger charge is 2.33. The fourth-order valence-electron chi connectivity index (χ4n) is 4.81. The van der Waals surface area contributed by atoms with Crippen LogP contribution in [0.5, 0.6) is 0 Å². The number of hydrogen-bond acceptors (Lipinski definition) is 6. The Morgan fingerprint density at radius 2 is 1.46 bits per heavy atom. The molecular formula is C33H27F5N2O5S. The predicted octanol–water partition coefficient (Wildman–Crippen LogP) is 7.42. The fourth-order valence-corrected chi connectivity index (χ4v) is 5.73. The van der Waals surface area contributed by atoms with Crippen LogP contribution < -0.4 is 10.6 Å². The second kappa shape index (κ2) is 14.4. The van der Waals surface area contributed by atoms with Gasteiger partial charge < -0.3 is 25.2 Å². The lowest BCUT2D eigenvalue weighted by Crippen LogP contribution is -2.31. The molecule has 4 aromatic rings. The average Bonchev–Trinajstić information content (AvgIpc) is 3.06. The van der Waals surface area contributed by atoms with Crippen molar-refractivity contribution in [2.45, 2.75) is 43.3 Å². The topological polar surface area (TPSA) is 96.9 Å². The van der Waals surface area contributed by atoms with Gasteiger partial charge in [0.2, 0.25) is 11.7 Å². The lowest BCUT2D eigenvalue weighted by Gasteiger charge is -2.36. The Labute approximate surface area is 264 Å². The van der Waals surface area contributed by atoms with E-state index in [9.17, 15) is 36.6 Å². The summed E-state index contributed by atoms with van der Waals surface area (Å²) in [7, 11) is 0. The van der Waals surface area contributed by atoms with Gasteiger partial charge in [-0.05, 0) is 47.5 Å². The number of halogens is 5. The number of amides is 2. The van der Waals surface area contributed by atoms with Gasteiger partial charge >= 0.3 is 0 Å². The molecule has 7 nitrogen and oxygen atoms in total. The molecule has 0 aromatic heterocycles. The van der Waals surface area contributed by atoms with Crippen LogP contribution >= 0.6 is 11.8 Å². The Balaban J connectivity index is 1.36. The maximum Gasteiger partial charge on any atom is 0.261 e. The van der Waals surface area contributed by atoms with Crippen molar-refractivity contribution in [3.63, 3.8) is 0 Å². The van der Waals surface area contributed by atoms with Gasteiger partial charge in [0.05, 0.1) is 18.8 Å². The molecule has 1 saturated heterocycles. The maximum absolute atomic E-state index is 14.2. The molecule has 13 heteroatoms. The summed E-state index contributed by atoms with van der Waals surface area (Å²) in [5.74, 6) is -12.5. The van der Waals surface area contributed by atoms with Gasteiger partial charge in [-0.1, -0.05) is 36.4 Å². The van der Waals surface area contributed by atoms with Gasteiger partial charge in [0, 0.05) is 40.9 Å². The summed E-state index contributed by atoms with van der Waals surface area (Å²) >= 11 is 1.53. The Kier molecular flexibility index (Phi) is 10.4. The normalized spacial score (nSPS) is 17.8. The lowest BCUT2D eigenvalue weighted by molar-refractivity contribution is -0.245. The first kappa shape index (κ1) is 33.1. The van der Waals surface area contributed by atoms with E-state index >= 15 is 0 Å². The lowest BCUT2D eigenvalue weighted by atomic mass is 10.0. The minimum Gasteiger partial charge on any atom is -0.392 e. The van der Waals surface area contributed by atoms with Crippen molar-refractivity contribution < 1.29 is 46.1 Å². The van der Waals surface area contributed by atoms with E-state index in [1.165, 1.54) is 36.9 Å². The van der Waals surface area contributed by atoms with Gasteiger partial charge in [0.25, 0.3) is 5.91 Å². The largest absolute Gasteiger partial charge is 0.392 e. The number of rotatable bonds is 9. The molecule has 5 rings (SSSR count). The maximum atomic E-state index is 14.2. The summed E-state index contributed by atoms with van der Waals surface area (Å²) in [5.41, 5.74) is 1.02. The van der Waals surface area contributed by atoms with E-state index < -0.39 is 53.0 Å². The number of aliphatic hydroxyl groups is 1. The van der Waals surface area contributed by atoms with E-state index in [4.69, 9.17) is 9.47 Å². The second-order valence-corrected chi connectivity index (χ2v) is 11.5. The number of carbonyl (C=O) groups excluding carboxylic acids is 2. The van der Waals surface area contributed by atoms with Gasteiger partial charge in [0.15, 0.2) is 29.6 Å². The standard InChI is InChI=1S/C33H27F5N2O5S/c1-17(42)39-21-9-11-24(12-10-21)46-16-23-14-25(19-7-5-18(15-41)6-8-19)45-33(44-23)20-3-2-4-22(13-20)40-32(43)26-27(34)29(36)31(38)30(37)28(26)35/h2-13,23,25,33,41H,14-16H2,1H3,(H,39,42)(H,40,43)/t23-,25+,33+/m1/s1. The molecule has 0 unspecified atom stereocenters. The molecule has 0 spiro atoms. The third-order valence-electron chi connectivity index (χ3n) is 7.08. The number of thioether (sulfide) groups is 1. The molecule has 1 aliphatic rings. The number of carbonyl (C=O) groups is 2. The number of hydrogen-bond donors (Lipinski definition) is 3. The Morgan fingerprint density at radius 1 is 0.804 bits per heavy atom. The third-order valence-corrected chi connectivity index (χ3v) is 8.22. The van der Waals surface area contributed by atoms with E-state index in [0.29, 0.717) is 23.4 Å². The zero-order valence-corrected chi connectivity index (χ0v) is 25.0. The van der Waals surface area contributed by atoms with Crippen molar-refractivity contribution in [2.75, 3.05) is 16.4 Å². The van der Waals surface area contributed by atoms with Crippen LogP contribution in [-0.4, -0.2) is 28.8 Å². The molecule has 2 amide bonds. The number of aliphatic hydroxyl groups excluding tert-OH is 1. The second-order valence-electron chi connectivity index (χ2n) is 10.4. The van der Waals surface area contributed by atoms with Gasteiger partial charge in [-0.3, -0.25) is 9.59 Å². The smallest absolute Gasteiger partial charge is 0.261 e. The van der Waals surface area contributed by atoms with Gasteiger partial charge in [-0.2, -0.15) is 0 Å². The highest BCUT2D eigenvalue weighted by Crippen LogP contribution is 2.40. The summed E-state index contributed by atoms with van der Waals surface area (Å²) in [6.45, 7) is 1.30. The zero-order chi connectivity index (χ0) is 33.0. The number of ether oxygens (including phenoxy) is 2. The van der Waals surface area contributed by atoms with Crippen molar-refractivity contribution in [1.82, 2.24) is 0 Å². The molecule has 240 valence electrons. The van der Waals surface area contributed by atoms with E-state index in [1.54, 1.807) is 30.3 Å². The fraction of sp³-hybridized carbons (Fsp3) is 0.212. The molecule has 4 aromatic carbocycles. The highest BCUT2D eigenvalue weighted by atomic mass is 32.2. The monoisotopic (exact) mass is 658 g/mol. The van der Waals surface area contributed by atoms with Crippen LogP contribution in [0.4, 0.5) is 33.3 Å². The summed E-state index contributed by atoms with van der Waals surface area (Å²) in [6.07, 6.45) is -1.27. The Hall–Kier alpha value is -4.30. The first-order valence-electron chi connectivity index (χ1n) is 14.0. The SMILES string of the molecule is CC(=O)Nc1ccc(SC[C@H]2C[C@@H](c3ccc(CO)cc3)O[C@@H](c3cccc(NC(=O)c4c(F)c(F)c(F)c(F)c4F)c3)O2)cc1. The molecule has 1 fully saturated rings. The molecule has 0 bridgehead atoms. The zero-order valence-electron chi connectivity index (χ0n) is 24.2. The van der Waals surface area contributed by atoms with Crippen molar-refractivity contribution in [3.8, 4) is 0 Å². The van der Waals surface area contributed by atoms with E-state index in [1.807, 2.05) is 24.3 Å². The Morgan fingerprint density at radius 3 is 2.09 bits per heavy atom. The molecule has 3 atom stereocenters. The number of anilines is 2. The molecule has 1 heterocycles. The van der Waals surface area contributed by atoms with E-state index in [-0.39, 0.29) is 24.3 Å². The number of nitrogens with one attached hydrogen (secondary N) is 2. The summed E-state index contributed by atoms with van der Waals surface area (Å²) < 4.78 is 81.9. The molecule has 3 N–H and O–H groups in total. The Bertz CT molecular complexity index is 1710.